The van der Waals surface area contributed by atoms with Crippen molar-refractivity contribution < 1.29 is 4.39 Å². The van der Waals surface area contributed by atoms with Crippen molar-refractivity contribution in [3.8, 4) is 5.69 Å². The Hall–Kier alpha value is -1.75. The predicted molar refractivity (Wildman–Crippen MR) is 63.5 cm³/mol. The molecule has 1 N–H and O–H groups in total. The van der Waals surface area contributed by atoms with Gasteiger partial charge in [-0.25, -0.2) is 9.07 Å². The zero-order chi connectivity index (χ0) is 12.4. The average molecular weight is 234 g/mol. The highest BCUT2D eigenvalue weighted by Crippen LogP contribution is 2.17. The van der Waals surface area contributed by atoms with Crippen molar-refractivity contribution in [1.29, 1.82) is 0 Å². The van der Waals surface area contributed by atoms with Gasteiger partial charge in [0.1, 0.15) is 11.5 Å². The standard InChI is InChI=1S/C12H15FN4/c1-8(14-3)12-9(2)17(16-15-12)11-6-4-10(13)5-7-11/h4-8,14H,1-3H3. The Morgan fingerprint density at radius 2 is 1.94 bits per heavy atom. The Morgan fingerprint density at radius 3 is 2.53 bits per heavy atom. The van der Waals surface area contributed by atoms with Crippen LogP contribution in [-0.2, 0) is 0 Å². The highest BCUT2D eigenvalue weighted by molar-refractivity contribution is 5.33. The van der Waals surface area contributed by atoms with Gasteiger partial charge in [-0.2, -0.15) is 0 Å². The molecule has 0 aliphatic heterocycles. The van der Waals surface area contributed by atoms with Crippen molar-refractivity contribution in [2.75, 3.05) is 7.05 Å². The van der Waals surface area contributed by atoms with Crippen LogP contribution in [0, 0.1) is 12.7 Å². The summed E-state index contributed by atoms with van der Waals surface area (Å²) < 4.78 is 14.5. The van der Waals surface area contributed by atoms with E-state index < -0.39 is 0 Å². The molecule has 0 radical (unpaired) electrons. The Morgan fingerprint density at radius 1 is 1.29 bits per heavy atom. The predicted octanol–water partition coefficient (Wildman–Crippen LogP) is 2.00. The minimum Gasteiger partial charge on any atom is -0.312 e. The Kier molecular flexibility index (Phi) is 3.19. The number of nitrogens with zero attached hydrogens (tertiary/aromatic N) is 3. The highest BCUT2D eigenvalue weighted by Gasteiger charge is 2.14. The number of rotatable bonds is 3. The smallest absolute Gasteiger partial charge is 0.123 e. The van der Waals surface area contributed by atoms with E-state index in [1.807, 2.05) is 20.9 Å². The lowest BCUT2D eigenvalue weighted by molar-refractivity contribution is 0.626. The van der Waals surface area contributed by atoms with E-state index in [-0.39, 0.29) is 11.9 Å². The van der Waals surface area contributed by atoms with E-state index in [0.717, 1.165) is 17.1 Å². The van der Waals surface area contributed by atoms with Crippen molar-refractivity contribution in [2.24, 2.45) is 0 Å². The average Bonchev–Trinajstić information content (AvgIpc) is 2.71. The molecule has 1 heterocycles. The van der Waals surface area contributed by atoms with Crippen molar-refractivity contribution in [1.82, 2.24) is 20.3 Å². The van der Waals surface area contributed by atoms with Gasteiger partial charge in [0.2, 0.25) is 0 Å². The molecule has 0 saturated carbocycles. The van der Waals surface area contributed by atoms with E-state index in [1.165, 1.54) is 12.1 Å². The van der Waals surface area contributed by atoms with E-state index in [1.54, 1.807) is 16.8 Å². The summed E-state index contributed by atoms with van der Waals surface area (Å²) in [7, 11) is 1.88. The molecule has 0 saturated heterocycles. The van der Waals surface area contributed by atoms with Crippen LogP contribution in [0.4, 0.5) is 4.39 Å². The van der Waals surface area contributed by atoms with Gasteiger partial charge in [-0.1, -0.05) is 5.21 Å². The quantitative estimate of drug-likeness (QED) is 0.883. The van der Waals surface area contributed by atoms with Crippen LogP contribution < -0.4 is 5.32 Å². The molecule has 4 nitrogen and oxygen atoms in total. The third kappa shape index (κ3) is 2.19. The van der Waals surface area contributed by atoms with Crippen molar-refractivity contribution in [2.45, 2.75) is 19.9 Å². The van der Waals surface area contributed by atoms with Gasteiger partial charge in [-0.3, -0.25) is 0 Å². The molecule has 0 fully saturated rings. The Balaban J connectivity index is 2.40. The number of hydrogen-bond acceptors (Lipinski definition) is 3. The summed E-state index contributed by atoms with van der Waals surface area (Å²) in [6.07, 6.45) is 0. The van der Waals surface area contributed by atoms with Gasteiger partial charge in [0.05, 0.1) is 17.4 Å². The molecule has 0 bridgehead atoms. The minimum absolute atomic E-state index is 0.143. The second kappa shape index (κ2) is 4.63. The number of hydrogen-bond donors (Lipinski definition) is 1. The molecule has 0 amide bonds. The summed E-state index contributed by atoms with van der Waals surface area (Å²) in [6.45, 7) is 3.97. The van der Waals surface area contributed by atoms with Gasteiger partial charge >= 0.3 is 0 Å². The van der Waals surface area contributed by atoms with Gasteiger partial charge < -0.3 is 5.32 Å². The summed E-state index contributed by atoms with van der Waals surface area (Å²) in [5.74, 6) is -0.254. The summed E-state index contributed by atoms with van der Waals surface area (Å²) >= 11 is 0. The molecule has 1 aromatic heterocycles. The zero-order valence-corrected chi connectivity index (χ0v) is 10.1. The van der Waals surface area contributed by atoms with E-state index in [2.05, 4.69) is 15.6 Å². The molecule has 2 rings (SSSR count). The molecule has 2 aromatic rings. The van der Waals surface area contributed by atoms with Gasteiger partial charge in [0.15, 0.2) is 0 Å². The molecule has 5 heteroatoms. The minimum atomic E-state index is -0.254. The molecule has 0 spiro atoms. The first kappa shape index (κ1) is 11.7. The van der Waals surface area contributed by atoms with Crippen LogP contribution in [-0.4, -0.2) is 22.0 Å². The van der Waals surface area contributed by atoms with Crippen LogP contribution in [0.3, 0.4) is 0 Å². The van der Waals surface area contributed by atoms with E-state index in [0.29, 0.717) is 0 Å². The van der Waals surface area contributed by atoms with Crippen LogP contribution in [0.25, 0.3) is 5.69 Å². The molecule has 0 aliphatic rings. The van der Waals surface area contributed by atoms with Gasteiger partial charge in [0.25, 0.3) is 0 Å². The van der Waals surface area contributed by atoms with E-state index in [4.69, 9.17) is 0 Å². The third-order valence-electron chi connectivity index (χ3n) is 2.84. The maximum Gasteiger partial charge on any atom is 0.123 e. The molecule has 1 aromatic carbocycles. The van der Waals surface area contributed by atoms with Crippen molar-refractivity contribution >= 4 is 0 Å². The topological polar surface area (TPSA) is 42.7 Å². The van der Waals surface area contributed by atoms with Crippen molar-refractivity contribution in [3.05, 3.63) is 41.5 Å². The third-order valence-corrected chi connectivity index (χ3v) is 2.84. The van der Waals surface area contributed by atoms with Crippen LogP contribution in [0.1, 0.15) is 24.4 Å². The summed E-state index contributed by atoms with van der Waals surface area (Å²) in [5, 5.41) is 11.4. The molecular weight excluding hydrogens is 219 g/mol. The first-order valence-electron chi connectivity index (χ1n) is 5.49. The van der Waals surface area contributed by atoms with E-state index in [9.17, 15) is 4.39 Å². The lowest BCUT2D eigenvalue weighted by atomic mass is 10.2. The lowest BCUT2D eigenvalue weighted by Crippen LogP contribution is -2.14. The second-order valence-electron chi connectivity index (χ2n) is 3.96. The zero-order valence-electron chi connectivity index (χ0n) is 10.1. The molecule has 1 atom stereocenters. The van der Waals surface area contributed by atoms with Crippen molar-refractivity contribution in [3.63, 3.8) is 0 Å². The van der Waals surface area contributed by atoms with Gasteiger partial charge in [-0.15, -0.1) is 5.10 Å². The Labute approximate surface area is 99.5 Å². The number of halogens is 1. The highest BCUT2D eigenvalue weighted by atomic mass is 19.1. The van der Waals surface area contributed by atoms with Crippen LogP contribution in [0.15, 0.2) is 24.3 Å². The second-order valence-corrected chi connectivity index (χ2v) is 3.96. The van der Waals surface area contributed by atoms with Crippen LogP contribution in [0.2, 0.25) is 0 Å². The lowest BCUT2D eigenvalue weighted by Gasteiger charge is -2.08. The van der Waals surface area contributed by atoms with Gasteiger partial charge in [0, 0.05) is 0 Å². The first-order chi connectivity index (χ1) is 8.13. The number of aromatic nitrogens is 3. The summed E-state index contributed by atoms with van der Waals surface area (Å²) in [4.78, 5) is 0. The molecular formula is C12H15FN4. The summed E-state index contributed by atoms with van der Waals surface area (Å²) in [5.41, 5.74) is 2.67. The fourth-order valence-electron chi connectivity index (χ4n) is 1.71. The largest absolute Gasteiger partial charge is 0.312 e. The molecule has 1 unspecified atom stereocenters. The van der Waals surface area contributed by atoms with Gasteiger partial charge in [-0.05, 0) is 45.2 Å². The Bertz CT molecular complexity index is 504. The van der Waals surface area contributed by atoms with Crippen LogP contribution >= 0.6 is 0 Å². The van der Waals surface area contributed by atoms with Crippen LogP contribution in [0.5, 0.6) is 0 Å². The fourth-order valence-corrected chi connectivity index (χ4v) is 1.71. The maximum absolute atomic E-state index is 12.8. The summed E-state index contributed by atoms with van der Waals surface area (Å²) in [6, 6.07) is 6.34. The van der Waals surface area contributed by atoms with E-state index >= 15 is 0 Å². The number of benzene rings is 1. The number of nitrogens with one attached hydrogen (secondary N) is 1. The normalized spacial score (nSPS) is 12.7. The molecule has 0 aliphatic carbocycles. The monoisotopic (exact) mass is 234 g/mol. The maximum atomic E-state index is 12.8. The SMILES string of the molecule is CNC(C)c1nnn(-c2ccc(F)cc2)c1C. The fraction of sp³-hybridized carbons (Fsp3) is 0.333. The molecule has 17 heavy (non-hydrogen) atoms. The molecule has 90 valence electrons. The first-order valence-corrected chi connectivity index (χ1v) is 5.49.